The molecular weight excluding hydrogens is 370 g/mol. The molecule has 3 amide bonds. The quantitative estimate of drug-likeness (QED) is 0.655. The lowest BCUT2D eigenvalue weighted by molar-refractivity contribution is -0.121. The maximum atomic E-state index is 12.2. The van der Waals surface area contributed by atoms with E-state index in [4.69, 9.17) is 9.47 Å². The number of allylic oxidation sites excluding steroid dienone is 1. The van der Waals surface area contributed by atoms with Gasteiger partial charge in [0, 0.05) is 13.1 Å². The maximum absolute atomic E-state index is 12.2. The summed E-state index contributed by atoms with van der Waals surface area (Å²) >= 11 is 0. The van der Waals surface area contributed by atoms with Crippen LogP contribution in [-0.4, -0.2) is 55.7 Å². The molecule has 1 aliphatic carbocycles. The molecule has 0 fully saturated rings. The van der Waals surface area contributed by atoms with Gasteiger partial charge in [-0.2, -0.15) is 0 Å². The fourth-order valence-electron chi connectivity index (χ4n) is 3.63. The number of carbonyl (C=O) groups excluding carboxylic acids is 2. The van der Waals surface area contributed by atoms with Crippen molar-refractivity contribution in [1.29, 1.82) is 0 Å². The Balaban J connectivity index is 1.37. The number of amides is 3. The van der Waals surface area contributed by atoms with Gasteiger partial charge in [-0.1, -0.05) is 30.7 Å². The molecule has 7 heteroatoms. The van der Waals surface area contributed by atoms with Crippen LogP contribution < -0.4 is 20.1 Å². The maximum Gasteiger partial charge on any atom is 0.321 e. The van der Waals surface area contributed by atoms with Gasteiger partial charge in [0.25, 0.3) is 0 Å². The molecule has 29 heavy (non-hydrogen) atoms. The standard InChI is InChI=1S/C22H31N3O4/c1-2-25(14-18-16-28-19-10-6-7-11-20(19)29-18)15-21(26)24-22(27)23-13-12-17-8-4-3-5-9-17/h6-8,10-11,18H,2-5,9,12-16H2,1H3,(H2,23,24,26,27). The molecule has 2 aliphatic rings. The van der Waals surface area contributed by atoms with Crippen LogP contribution in [0.3, 0.4) is 0 Å². The summed E-state index contributed by atoms with van der Waals surface area (Å²) in [6, 6.07) is 7.12. The predicted molar refractivity (Wildman–Crippen MR) is 111 cm³/mol. The summed E-state index contributed by atoms with van der Waals surface area (Å²) in [6.07, 6.45) is 7.69. The molecule has 0 saturated heterocycles. The number of nitrogens with one attached hydrogen (secondary N) is 2. The number of rotatable bonds is 8. The van der Waals surface area contributed by atoms with Gasteiger partial charge in [-0.3, -0.25) is 15.0 Å². The number of carbonyl (C=O) groups is 2. The zero-order valence-electron chi connectivity index (χ0n) is 17.1. The summed E-state index contributed by atoms with van der Waals surface area (Å²) in [6.45, 7) is 4.32. The van der Waals surface area contributed by atoms with Crippen LogP contribution in [0.25, 0.3) is 0 Å². The van der Waals surface area contributed by atoms with Gasteiger partial charge in [0.2, 0.25) is 5.91 Å². The zero-order valence-corrected chi connectivity index (χ0v) is 17.1. The van der Waals surface area contributed by atoms with Crippen molar-refractivity contribution in [1.82, 2.24) is 15.5 Å². The van der Waals surface area contributed by atoms with Crippen molar-refractivity contribution < 1.29 is 19.1 Å². The molecule has 1 aromatic carbocycles. The summed E-state index contributed by atoms with van der Waals surface area (Å²) < 4.78 is 11.7. The second-order valence-corrected chi connectivity index (χ2v) is 7.49. The minimum absolute atomic E-state index is 0.135. The normalized spacial score (nSPS) is 18.1. The van der Waals surface area contributed by atoms with Gasteiger partial charge in [-0.05, 0) is 50.8 Å². The van der Waals surface area contributed by atoms with E-state index in [9.17, 15) is 9.59 Å². The van der Waals surface area contributed by atoms with E-state index in [1.165, 1.54) is 18.4 Å². The Bertz CT molecular complexity index is 735. The van der Waals surface area contributed by atoms with E-state index in [1.807, 2.05) is 36.1 Å². The Hall–Kier alpha value is -2.54. The van der Waals surface area contributed by atoms with Crippen LogP contribution in [0, 0.1) is 0 Å². The number of hydrogen-bond donors (Lipinski definition) is 2. The molecule has 7 nitrogen and oxygen atoms in total. The second kappa shape index (κ2) is 10.9. The van der Waals surface area contributed by atoms with Crippen LogP contribution in [0.1, 0.15) is 39.0 Å². The average Bonchev–Trinajstić information content (AvgIpc) is 2.74. The molecule has 1 aliphatic heterocycles. The fraction of sp³-hybridized carbons (Fsp3) is 0.545. The van der Waals surface area contributed by atoms with Crippen molar-refractivity contribution in [3.63, 3.8) is 0 Å². The molecule has 1 atom stereocenters. The number of benzene rings is 1. The Labute approximate surface area is 172 Å². The molecule has 1 heterocycles. The van der Waals surface area contributed by atoms with Gasteiger partial charge < -0.3 is 14.8 Å². The molecule has 2 N–H and O–H groups in total. The van der Waals surface area contributed by atoms with E-state index in [1.54, 1.807) is 0 Å². The van der Waals surface area contributed by atoms with E-state index in [0.29, 0.717) is 26.2 Å². The van der Waals surface area contributed by atoms with E-state index in [2.05, 4.69) is 16.7 Å². The van der Waals surface area contributed by atoms with Gasteiger partial charge in [-0.15, -0.1) is 0 Å². The third-order valence-electron chi connectivity index (χ3n) is 5.21. The SMILES string of the molecule is CCN(CC(=O)NC(=O)NCCC1=CCCCC1)CC1COc2ccccc2O1. The average molecular weight is 402 g/mol. The first-order valence-electron chi connectivity index (χ1n) is 10.5. The lowest BCUT2D eigenvalue weighted by Crippen LogP contribution is -2.48. The van der Waals surface area contributed by atoms with E-state index < -0.39 is 6.03 Å². The fourth-order valence-corrected chi connectivity index (χ4v) is 3.63. The highest BCUT2D eigenvalue weighted by atomic mass is 16.6. The Kier molecular flexibility index (Phi) is 7.93. The van der Waals surface area contributed by atoms with Crippen LogP contribution in [0.15, 0.2) is 35.9 Å². The summed E-state index contributed by atoms with van der Waals surface area (Å²) in [7, 11) is 0. The van der Waals surface area contributed by atoms with Gasteiger partial charge in [-0.25, -0.2) is 4.79 Å². The monoisotopic (exact) mass is 401 g/mol. The number of nitrogens with zero attached hydrogens (tertiary/aromatic N) is 1. The smallest absolute Gasteiger partial charge is 0.321 e. The first-order chi connectivity index (χ1) is 14.1. The lowest BCUT2D eigenvalue weighted by atomic mass is 9.97. The number of ether oxygens (including phenoxy) is 2. The molecular formula is C22H31N3O4. The number of likely N-dealkylation sites (N-methyl/N-ethyl adjacent to an activating group) is 1. The Morgan fingerprint density at radius 1 is 1.21 bits per heavy atom. The highest BCUT2D eigenvalue weighted by molar-refractivity contribution is 5.95. The van der Waals surface area contributed by atoms with Crippen molar-refractivity contribution in [3.8, 4) is 11.5 Å². The lowest BCUT2D eigenvalue weighted by Gasteiger charge is -2.30. The van der Waals surface area contributed by atoms with Crippen LogP contribution in [0.4, 0.5) is 4.79 Å². The zero-order chi connectivity index (χ0) is 20.5. The van der Waals surface area contributed by atoms with Crippen LogP contribution in [0.5, 0.6) is 11.5 Å². The topological polar surface area (TPSA) is 79.9 Å². The summed E-state index contributed by atoms with van der Waals surface area (Å²) in [4.78, 5) is 26.1. The molecule has 0 aromatic heterocycles. The van der Waals surface area contributed by atoms with Crippen LogP contribution in [-0.2, 0) is 4.79 Å². The van der Waals surface area contributed by atoms with Crippen molar-refractivity contribution in [2.45, 2.75) is 45.1 Å². The predicted octanol–water partition coefficient (Wildman–Crippen LogP) is 2.86. The van der Waals surface area contributed by atoms with E-state index >= 15 is 0 Å². The first kappa shape index (κ1) is 21.2. The van der Waals surface area contributed by atoms with Crippen LogP contribution >= 0.6 is 0 Å². The number of para-hydroxylation sites is 2. The van der Waals surface area contributed by atoms with Gasteiger partial charge >= 0.3 is 6.03 Å². The van der Waals surface area contributed by atoms with E-state index in [0.717, 1.165) is 30.8 Å². The number of urea groups is 1. The summed E-state index contributed by atoms with van der Waals surface area (Å²) in [5.41, 5.74) is 1.40. The highest BCUT2D eigenvalue weighted by Crippen LogP contribution is 2.31. The first-order valence-corrected chi connectivity index (χ1v) is 10.5. The largest absolute Gasteiger partial charge is 0.486 e. The van der Waals surface area contributed by atoms with Gasteiger partial charge in [0.15, 0.2) is 11.5 Å². The molecule has 0 saturated carbocycles. The molecule has 0 bridgehead atoms. The summed E-state index contributed by atoms with van der Waals surface area (Å²) in [5, 5.41) is 5.18. The third kappa shape index (κ3) is 6.78. The second-order valence-electron chi connectivity index (χ2n) is 7.49. The van der Waals surface area contributed by atoms with E-state index in [-0.39, 0.29) is 18.6 Å². The Morgan fingerprint density at radius 3 is 2.79 bits per heavy atom. The van der Waals surface area contributed by atoms with Gasteiger partial charge in [0.05, 0.1) is 6.54 Å². The van der Waals surface area contributed by atoms with Crippen molar-refractivity contribution in [2.24, 2.45) is 0 Å². The van der Waals surface area contributed by atoms with Crippen molar-refractivity contribution in [3.05, 3.63) is 35.9 Å². The van der Waals surface area contributed by atoms with Gasteiger partial charge in [0.1, 0.15) is 12.7 Å². The molecule has 0 radical (unpaired) electrons. The number of imide groups is 1. The highest BCUT2D eigenvalue weighted by Gasteiger charge is 2.23. The number of fused-ring (bicyclic) bond motifs is 1. The molecule has 158 valence electrons. The molecule has 1 aromatic rings. The molecule has 3 rings (SSSR count). The number of hydrogen-bond acceptors (Lipinski definition) is 5. The summed E-state index contributed by atoms with van der Waals surface area (Å²) in [5.74, 6) is 1.14. The third-order valence-corrected chi connectivity index (χ3v) is 5.21. The molecule has 1 unspecified atom stereocenters. The minimum atomic E-state index is -0.436. The van der Waals surface area contributed by atoms with Crippen molar-refractivity contribution >= 4 is 11.9 Å². The Morgan fingerprint density at radius 2 is 2.03 bits per heavy atom. The minimum Gasteiger partial charge on any atom is -0.486 e. The van der Waals surface area contributed by atoms with Crippen molar-refractivity contribution in [2.75, 3.05) is 32.8 Å². The van der Waals surface area contributed by atoms with Crippen LogP contribution in [0.2, 0.25) is 0 Å². The molecule has 0 spiro atoms.